The van der Waals surface area contributed by atoms with Gasteiger partial charge in [-0.2, -0.15) is 0 Å². The SMILES string of the molecule is CC(CO)C(C)C(=O)NCCC[Si](C)(C)O[Si](C)(C)CCCNC(=O)C(C)C(C)CC(=O)O. The zero-order valence-corrected chi connectivity index (χ0v) is 24.0. The Bertz CT molecular complexity index is 630. The lowest BCUT2D eigenvalue weighted by Gasteiger charge is -2.34. The number of rotatable bonds is 17. The summed E-state index contributed by atoms with van der Waals surface area (Å²) in [5.74, 6) is -1.77. The Labute approximate surface area is 202 Å². The van der Waals surface area contributed by atoms with Crippen molar-refractivity contribution in [2.24, 2.45) is 23.7 Å². The fourth-order valence-electron chi connectivity index (χ4n) is 3.75. The standard InChI is InChI=1S/C23H48N2O6Si2/c1-17(15-21(27)28)19(3)22(29)24-11-9-13-32(5,6)31-33(7,8)14-10-12-25-23(30)20(4)18(2)16-26/h17-20,26H,9-16H2,1-8H3,(H,24,29)(H,25,30)(H,27,28). The molecule has 0 fully saturated rings. The van der Waals surface area contributed by atoms with Gasteiger partial charge in [-0.25, -0.2) is 0 Å². The molecule has 10 heteroatoms. The van der Waals surface area contributed by atoms with E-state index in [2.05, 4.69) is 36.8 Å². The van der Waals surface area contributed by atoms with E-state index in [1.165, 1.54) is 0 Å². The number of hydrogen-bond donors (Lipinski definition) is 4. The van der Waals surface area contributed by atoms with Crippen LogP contribution in [-0.4, -0.2) is 64.3 Å². The first kappa shape index (κ1) is 31.8. The van der Waals surface area contributed by atoms with Gasteiger partial charge in [0.05, 0.1) is 0 Å². The molecule has 0 bridgehead atoms. The summed E-state index contributed by atoms with van der Waals surface area (Å²) in [4.78, 5) is 35.2. The minimum absolute atomic E-state index is 0.00737. The van der Waals surface area contributed by atoms with E-state index in [0.29, 0.717) is 13.1 Å². The maximum Gasteiger partial charge on any atom is 0.303 e. The van der Waals surface area contributed by atoms with Gasteiger partial charge in [-0.1, -0.05) is 27.7 Å². The molecule has 33 heavy (non-hydrogen) atoms. The van der Waals surface area contributed by atoms with Crippen LogP contribution in [0.1, 0.15) is 47.0 Å². The molecule has 8 nitrogen and oxygen atoms in total. The van der Waals surface area contributed by atoms with Crippen molar-refractivity contribution in [1.82, 2.24) is 10.6 Å². The number of carbonyl (C=O) groups is 3. The number of carbonyl (C=O) groups excluding carboxylic acids is 2. The predicted molar refractivity (Wildman–Crippen MR) is 137 cm³/mol. The van der Waals surface area contributed by atoms with Gasteiger partial charge in [0.15, 0.2) is 16.6 Å². The fraction of sp³-hybridized carbons (Fsp3) is 0.870. The van der Waals surface area contributed by atoms with Crippen molar-refractivity contribution in [2.75, 3.05) is 19.7 Å². The van der Waals surface area contributed by atoms with Gasteiger partial charge in [-0.15, -0.1) is 0 Å². The van der Waals surface area contributed by atoms with Crippen molar-refractivity contribution in [3.63, 3.8) is 0 Å². The number of aliphatic hydroxyl groups excluding tert-OH is 1. The number of carboxylic acids is 1. The maximum absolute atomic E-state index is 12.3. The normalized spacial score (nSPS) is 15.9. The molecule has 194 valence electrons. The van der Waals surface area contributed by atoms with Crippen LogP contribution in [0.15, 0.2) is 0 Å². The lowest BCUT2D eigenvalue weighted by atomic mass is 9.92. The van der Waals surface area contributed by atoms with Crippen LogP contribution in [0.2, 0.25) is 38.3 Å². The second-order valence-corrected chi connectivity index (χ2v) is 19.6. The van der Waals surface area contributed by atoms with Gasteiger partial charge in [0, 0.05) is 38.0 Å². The second-order valence-electron chi connectivity index (χ2n) is 10.7. The van der Waals surface area contributed by atoms with E-state index in [-0.39, 0.29) is 48.5 Å². The summed E-state index contributed by atoms with van der Waals surface area (Å²) in [6.45, 7) is 17.3. The van der Waals surface area contributed by atoms with E-state index in [1.54, 1.807) is 13.8 Å². The smallest absolute Gasteiger partial charge is 0.303 e. The summed E-state index contributed by atoms with van der Waals surface area (Å²) in [6.07, 6.45) is 1.71. The number of aliphatic carboxylic acids is 1. The Kier molecular flexibility index (Phi) is 14.3. The minimum atomic E-state index is -1.88. The highest BCUT2D eigenvalue weighted by Crippen LogP contribution is 2.23. The van der Waals surface area contributed by atoms with Crippen molar-refractivity contribution in [3.8, 4) is 0 Å². The molecule has 0 aliphatic rings. The average molecular weight is 505 g/mol. The molecule has 0 spiro atoms. The molecule has 0 aromatic rings. The van der Waals surface area contributed by atoms with Crippen LogP contribution in [0.3, 0.4) is 0 Å². The summed E-state index contributed by atoms with van der Waals surface area (Å²) in [7, 11) is -3.75. The molecule has 2 amide bonds. The first-order chi connectivity index (χ1) is 15.1. The Morgan fingerprint density at radius 2 is 1.18 bits per heavy atom. The van der Waals surface area contributed by atoms with E-state index in [1.807, 2.05) is 13.8 Å². The summed E-state index contributed by atoms with van der Waals surface area (Å²) < 4.78 is 6.63. The third kappa shape index (κ3) is 13.9. The van der Waals surface area contributed by atoms with Gasteiger partial charge in [0.2, 0.25) is 11.8 Å². The van der Waals surface area contributed by atoms with E-state index in [0.717, 1.165) is 24.9 Å². The minimum Gasteiger partial charge on any atom is -0.481 e. The molecular formula is C23H48N2O6Si2. The van der Waals surface area contributed by atoms with Crippen LogP contribution in [0.5, 0.6) is 0 Å². The zero-order valence-electron chi connectivity index (χ0n) is 22.0. The average Bonchev–Trinajstić information content (AvgIpc) is 2.70. The molecule has 0 aromatic carbocycles. The molecule has 0 aliphatic carbocycles. The molecule has 0 heterocycles. The van der Waals surface area contributed by atoms with Crippen LogP contribution in [0.25, 0.3) is 0 Å². The fourth-order valence-corrected chi connectivity index (χ4v) is 12.6. The number of nitrogens with one attached hydrogen (secondary N) is 2. The molecule has 4 unspecified atom stereocenters. The topological polar surface area (TPSA) is 125 Å². The first-order valence-electron chi connectivity index (χ1n) is 12.2. The zero-order chi connectivity index (χ0) is 25.8. The van der Waals surface area contributed by atoms with E-state index in [4.69, 9.17) is 9.22 Å². The van der Waals surface area contributed by atoms with Crippen molar-refractivity contribution in [2.45, 2.75) is 85.2 Å². The molecule has 0 saturated heterocycles. The quantitative estimate of drug-likeness (QED) is 0.178. The highest BCUT2D eigenvalue weighted by Gasteiger charge is 2.32. The van der Waals surface area contributed by atoms with Crippen LogP contribution >= 0.6 is 0 Å². The van der Waals surface area contributed by atoms with Crippen molar-refractivity contribution >= 4 is 34.4 Å². The first-order valence-corrected chi connectivity index (χ1v) is 18.4. The van der Waals surface area contributed by atoms with Gasteiger partial charge < -0.3 is 25.0 Å². The third-order valence-electron chi connectivity index (χ3n) is 6.38. The number of hydrogen-bond acceptors (Lipinski definition) is 5. The summed E-state index contributed by atoms with van der Waals surface area (Å²) in [6, 6.07) is 1.90. The van der Waals surface area contributed by atoms with Gasteiger partial charge in [-0.3, -0.25) is 14.4 Å². The Hall–Kier alpha value is -1.24. The Morgan fingerprint density at radius 3 is 1.55 bits per heavy atom. The van der Waals surface area contributed by atoms with Crippen LogP contribution in [0.4, 0.5) is 0 Å². The monoisotopic (exact) mass is 504 g/mol. The molecule has 4 N–H and O–H groups in total. The summed E-state index contributed by atoms with van der Waals surface area (Å²) >= 11 is 0. The molecular weight excluding hydrogens is 456 g/mol. The summed E-state index contributed by atoms with van der Waals surface area (Å²) in [5, 5.41) is 24.0. The molecule has 0 aromatic heterocycles. The molecule has 0 saturated carbocycles. The van der Waals surface area contributed by atoms with Crippen LogP contribution in [0, 0.1) is 23.7 Å². The summed E-state index contributed by atoms with van der Waals surface area (Å²) in [5.41, 5.74) is 0. The lowest BCUT2D eigenvalue weighted by molar-refractivity contribution is -0.138. The van der Waals surface area contributed by atoms with E-state index < -0.39 is 22.6 Å². The van der Waals surface area contributed by atoms with E-state index in [9.17, 15) is 19.5 Å². The Balaban J connectivity index is 4.30. The third-order valence-corrected chi connectivity index (χ3v) is 13.9. The van der Waals surface area contributed by atoms with Gasteiger partial charge in [-0.05, 0) is 63.0 Å². The largest absolute Gasteiger partial charge is 0.481 e. The van der Waals surface area contributed by atoms with Crippen molar-refractivity contribution in [1.29, 1.82) is 0 Å². The number of aliphatic hydroxyl groups is 1. The number of amides is 2. The Morgan fingerprint density at radius 1 is 0.788 bits per heavy atom. The van der Waals surface area contributed by atoms with Crippen LogP contribution in [-0.2, 0) is 18.5 Å². The lowest BCUT2D eigenvalue weighted by Crippen LogP contribution is -2.45. The van der Waals surface area contributed by atoms with Gasteiger partial charge in [0.1, 0.15) is 0 Å². The van der Waals surface area contributed by atoms with Crippen molar-refractivity contribution < 1.29 is 28.7 Å². The molecule has 0 aliphatic heterocycles. The van der Waals surface area contributed by atoms with Gasteiger partial charge >= 0.3 is 5.97 Å². The number of carboxylic acid groups (broad SMARTS) is 1. The molecule has 0 rings (SSSR count). The second kappa shape index (κ2) is 14.9. The van der Waals surface area contributed by atoms with Crippen LogP contribution < -0.4 is 10.6 Å². The van der Waals surface area contributed by atoms with Crippen molar-refractivity contribution in [3.05, 3.63) is 0 Å². The highest BCUT2D eigenvalue weighted by atomic mass is 28.4. The maximum atomic E-state index is 12.3. The highest BCUT2D eigenvalue weighted by molar-refractivity contribution is 6.84. The predicted octanol–water partition coefficient (Wildman–Crippen LogP) is 3.44. The molecule has 0 radical (unpaired) electrons. The van der Waals surface area contributed by atoms with Gasteiger partial charge in [0.25, 0.3) is 0 Å². The van der Waals surface area contributed by atoms with E-state index >= 15 is 0 Å². The molecule has 4 atom stereocenters.